The van der Waals surface area contributed by atoms with Crippen LogP contribution in [-0.4, -0.2) is 18.9 Å². The van der Waals surface area contributed by atoms with E-state index in [4.69, 9.17) is 4.74 Å². The second-order valence-electron chi connectivity index (χ2n) is 4.09. The summed E-state index contributed by atoms with van der Waals surface area (Å²) in [4.78, 5) is 22.8. The molecule has 0 heterocycles. The fraction of sp³-hybridized carbons (Fsp3) is 0.800. The third-order valence-electron chi connectivity index (χ3n) is 3.37. The van der Waals surface area contributed by atoms with Crippen molar-refractivity contribution in [3.63, 3.8) is 0 Å². The molecule has 3 atom stereocenters. The Kier molecular flexibility index (Phi) is 2.10. The maximum absolute atomic E-state index is 11.5. The number of carbonyl (C=O) groups excluding carboxylic acids is 2. The monoisotopic (exact) mass is 182 g/mol. The zero-order valence-electron chi connectivity index (χ0n) is 7.79. The van der Waals surface area contributed by atoms with Crippen LogP contribution in [0.1, 0.15) is 25.7 Å². The summed E-state index contributed by atoms with van der Waals surface area (Å²) in [7, 11) is 1.40. The molecule has 0 N–H and O–H groups in total. The SMILES string of the molecule is COC(=O)[C@H]1C[C@@H]2CC[C@H]1C(=O)C2. The summed E-state index contributed by atoms with van der Waals surface area (Å²) in [6.07, 6.45) is 3.56. The molecule has 3 aliphatic rings. The molecule has 3 rings (SSSR count). The van der Waals surface area contributed by atoms with Gasteiger partial charge in [-0.05, 0) is 25.2 Å². The van der Waals surface area contributed by atoms with E-state index in [9.17, 15) is 9.59 Å². The van der Waals surface area contributed by atoms with E-state index in [1.54, 1.807) is 0 Å². The first-order valence-corrected chi connectivity index (χ1v) is 4.83. The van der Waals surface area contributed by atoms with E-state index in [2.05, 4.69) is 0 Å². The molecule has 0 aliphatic heterocycles. The number of carbonyl (C=O) groups is 2. The van der Waals surface area contributed by atoms with Gasteiger partial charge in [-0.25, -0.2) is 0 Å². The summed E-state index contributed by atoms with van der Waals surface area (Å²) in [5, 5.41) is 0. The van der Waals surface area contributed by atoms with Crippen molar-refractivity contribution in [2.75, 3.05) is 7.11 Å². The van der Waals surface area contributed by atoms with Gasteiger partial charge in [0, 0.05) is 12.3 Å². The average Bonchev–Trinajstić information content (AvgIpc) is 2.17. The number of methoxy groups -OCH3 is 1. The second kappa shape index (κ2) is 3.13. The van der Waals surface area contributed by atoms with Crippen LogP contribution in [0.5, 0.6) is 0 Å². The molecule has 0 unspecified atom stereocenters. The van der Waals surface area contributed by atoms with E-state index < -0.39 is 0 Å². The fourth-order valence-corrected chi connectivity index (χ4v) is 2.68. The zero-order chi connectivity index (χ0) is 9.42. The van der Waals surface area contributed by atoms with Gasteiger partial charge in [-0.1, -0.05) is 0 Å². The number of hydrogen-bond donors (Lipinski definition) is 0. The van der Waals surface area contributed by atoms with Gasteiger partial charge >= 0.3 is 5.97 Å². The molecular weight excluding hydrogens is 168 g/mol. The van der Waals surface area contributed by atoms with Crippen molar-refractivity contribution < 1.29 is 14.3 Å². The normalized spacial score (nSPS) is 37.6. The summed E-state index contributed by atoms with van der Waals surface area (Å²) < 4.78 is 4.70. The predicted molar refractivity (Wildman–Crippen MR) is 46.0 cm³/mol. The van der Waals surface area contributed by atoms with Crippen LogP contribution in [0.25, 0.3) is 0 Å². The fourth-order valence-electron chi connectivity index (χ4n) is 2.68. The summed E-state index contributed by atoms with van der Waals surface area (Å²) in [5.41, 5.74) is 0. The summed E-state index contributed by atoms with van der Waals surface area (Å²) in [6.45, 7) is 0. The van der Waals surface area contributed by atoms with Crippen molar-refractivity contribution in [2.24, 2.45) is 17.8 Å². The zero-order valence-corrected chi connectivity index (χ0v) is 7.79. The molecule has 13 heavy (non-hydrogen) atoms. The highest BCUT2D eigenvalue weighted by Crippen LogP contribution is 2.43. The summed E-state index contributed by atoms with van der Waals surface area (Å²) in [6, 6.07) is 0. The average molecular weight is 182 g/mol. The first-order chi connectivity index (χ1) is 6.22. The van der Waals surface area contributed by atoms with Crippen LogP contribution < -0.4 is 0 Å². The lowest BCUT2D eigenvalue weighted by atomic mass is 9.64. The highest BCUT2D eigenvalue weighted by molar-refractivity contribution is 5.88. The Balaban J connectivity index is 2.14. The first-order valence-electron chi connectivity index (χ1n) is 4.83. The number of fused-ring (bicyclic) bond motifs is 3. The Labute approximate surface area is 77.4 Å². The lowest BCUT2D eigenvalue weighted by Gasteiger charge is -2.39. The molecule has 3 fully saturated rings. The maximum Gasteiger partial charge on any atom is 0.309 e. The van der Waals surface area contributed by atoms with Crippen molar-refractivity contribution in [3.05, 3.63) is 0 Å². The van der Waals surface area contributed by atoms with Crippen LogP contribution in [0.4, 0.5) is 0 Å². The molecule has 3 heteroatoms. The Bertz CT molecular complexity index is 247. The molecule has 3 saturated carbocycles. The van der Waals surface area contributed by atoms with Crippen molar-refractivity contribution >= 4 is 11.8 Å². The van der Waals surface area contributed by atoms with E-state index in [-0.39, 0.29) is 23.6 Å². The van der Waals surface area contributed by atoms with E-state index >= 15 is 0 Å². The largest absolute Gasteiger partial charge is 0.469 e. The van der Waals surface area contributed by atoms with E-state index in [1.807, 2.05) is 0 Å². The van der Waals surface area contributed by atoms with Crippen LogP contribution in [-0.2, 0) is 14.3 Å². The number of rotatable bonds is 1. The van der Waals surface area contributed by atoms with Crippen LogP contribution in [0.15, 0.2) is 0 Å². The topological polar surface area (TPSA) is 43.4 Å². The summed E-state index contributed by atoms with van der Waals surface area (Å²) in [5.74, 6) is 0.365. The third-order valence-corrected chi connectivity index (χ3v) is 3.37. The minimum atomic E-state index is -0.192. The Morgan fingerprint density at radius 1 is 1.46 bits per heavy atom. The number of esters is 1. The molecule has 2 bridgehead atoms. The van der Waals surface area contributed by atoms with E-state index in [0.29, 0.717) is 12.3 Å². The van der Waals surface area contributed by atoms with Crippen LogP contribution in [0, 0.1) is 17.8 Å². The van der Waals surface area contributed by atoms with Gasteiger partial charge in [0.05, 0.1) is 13.0 Å². The standard InChI is InChI=1S/C10H14O3/c1-13-10(12)8-4-6-2-3-7(8)9(11)5-6/h6-8H,2-5H2,1H3/t6-,7+,8-/m0/s1. The van der Waals surface area contributed by atoms with Crippen LogP contribution in [0.2, 0.25) is 0 Å². The van der Waals surface area contributed by atoms with E-state index in [0.717, 1.165) is 19.3 Å². The molecule has 0 saturated heterocycles. The molecule has 72 valence electrons. The minimum absolute atomic E-state index is 0.0301. The molecule has 0 spiro atoms. The van der Waals surface area contributed by atoms with Gasteiger partial charge < -0.3 is 4.74 Å². The van der Waals surface area contributed by atoms with Gasteiger partial charge in [-0.2, -0.15) is 0 Å². The van der Waals surface area contributed by atoms with Crippen molar-refractivity contribution in [1.29, 1.82) is 0 Å². The lowest BCUT2D eigenvalue weighted by molar-refractivity contribution is -0.156. The Hall–Kier alpha value is -0.860. The smallest absolute Gasteiger partial charge is 0.309 e. The number of Topliss-reactive ketones (excluding diaryl/α,β-unsaturated/α-hetero) is 1. The van der Waals surface area contributed by atoms with Gasteiger partial charge in [-0.15, -0.1) is 0 Å². The molecule has 0 aromatic heterocycles. The highest BCUT2D eigenvalue weighted by atomic mass is 16.5. The molecule has 0 radical (unpaired) electrons. The van der Waals surface area contributed by atoms with Gasteiger partial charge in [0.25, 0.3) is 0 Å². The molecule has 0 amide bonds. The molecular formula is C10H14O3. The quantitative estimate of drug-likeness (QED) is 0.571. The molecule has 3 aliphatic carbocycles. The lowest BCUT2D eigenvalue weighted by Crippen LogP contribution is -2.42. The van der Waals surface area contributed by atoms with Crippen molar-refractivity contribution in [1.82, 2.24) is 0 Å². The number of ether oxygens (including phenoxy) is 1. The molecule has 0 aromatic carbocycles. The van der Waals surface area contributed by atoms with Crippen molar-refractivity contribution in [2.45, 2.75) is 25.7 Å². The maximum atomic E-state index is 11.5. The Morgan fingerprint density at radius 2 is 2.23 bits per heavy atom. The van der Waals surface area contributed by atoms with Crippen molar-refractivity contribution in [3.8, 4) is 0 Å². The minimum Gasteiger partial charge on any atom is -0.469 e. The molecule has 0 aromatic rings. The van der Waals surface area contributed by atoms with E-state index in [1.165, 1.54) is 7.11 Å². The Morgan fingerprint density at radius 3 is 2.77 bits per heavy atom. The highest BCUT2D eigenvalue weighted by Gasteiger charge is 2.44. The number of ketones is 1. The van der Waals surface area contributed by atoms with Gasteiger partial charge in [0.2, 0.25) is 0 Å². The van der Waals surface area contributed by atoms with Crippen LogP contribution in [0.3, 0.4) is 0 Å². The second-order valence-corrected chi connectivity index (χ2v) is 4.09. The molecule has 3 nitrogen and oxygen atoms in total. The number of hydrogen-bond acceptors (Lipinski definition) is 3. The van der Waals surface area contributed by atoms with Gasteiger partial charge in [-0.3, -0.25) is 9.59 Å². The van der Waals surface area contributed by atoms with Crippen LogP contribution >= 0.6 is 0 Å². The predicted octanol–water partition coefficient (Wildman–Crippen LogP) is 1.16. The summed E-state index contributed by atoms with van der Waals surface area (Å²) >= 11 is 0. The van der Waals surface area contributed by atoms with Gasteiger partial charge in [0.15, 0.2) is 0 Å². The third kappa shape index (κ3) is 1.36. The van der Waals surface area contributed by atoms with Gasteiger partial charge in [0.1, 0.15) is 5.78 Å². The first kappa shape index (κ1) is 8.73.